The molecule has 380 valence electrons. The highest BCUT2D eigenvalue weighted by molar-refractivity contribution is 6.89. The van der Waals surface area contributed by atoms with E-state index >= 15 is 0 Å². The molecular weight excluding hydrogens is 977 g/mol. The van der Waals surface area contributed by atoms with Crippen molar-refractivity contribution in [3.8, 4) is 0 Å². The fourth-order valence-electron chi connectivity index (χ4n) is 7.72. The monoisotopic (exact) mass is 1040 g/mol. The molecule has 0 N–H and O–H groups in total. The molecule has 0 bridgehead atoms. The van der Waals surface area contributed by atoms with Gasteiger partial charge < -0.3 is 31.3 Å². The molecule has 2 atom stereocenters. The molecule has 0 heterocycles. The Kier molecular flexibility index (Phi) is 22.1. The van der Waals surface area contributed by atoms with E-state index in [2.05, 4.69) is 39.3 Å². The molecule has 4 aromatic carbocycles. The molecule has 0 spiro atoms. The van der Waals surface area contributed by atoms with Crippen LogP contribution in [-0.4, -0.2) is 107 Å². The van der Waals surface area contributed by atoms with Gasteiger partial charge in [0.2, 0.25) is 0 Å². The van der Waals surface area contributed by atoms with Gasteiger partial charge in [-0.25, -0.2) is 19.2 Å². The summed E-state index contributed by atoms with van der Waals surface area (Å²) in [4.78, 5) is 103. The molecule has 15 nitrogen and oxygen atoms in total. The highest BCUT2D eigenvalue weighted by atomic mass is 28.5. The second-order valence-corrected chi connectivity index (χ2v) is 35.9. The molecule has 0 amide bonds. The van der Waals surface area contributed by atoms with Crippen LogP contribution in [0.4, 0.5) is 0 Å². The maximum absolute atomic E-state index is 12.9. The molecule has 0 saturated heterocycles. The molecule has 19 heteroatoms. The van der Waals surface area contributed by atoms with Crippen molar-refractivity contribution in [3.63, 3.8) is 0 Å². The third-order valence-corrected chi connectivity index (χ3v) is 25.0. The van der Waals surface area contributed by atoms with E-state index < -0.39 is 92.6 Å². The van der Waals surface area contributed by atoms with Gasteiger partial charge in [-0.1, -0.05) is 134 Å². The summed E-state index contributed by atoms with van der Waals surface area (Å²) >= 11 is 0. The Morgan fingerprint density at radius 3 is 0.789 bits per heavy atom. The van der Waals surface area contributed by atoms with Gasteiger partial charge in [-0.2, -0.15) is 0 Å². The number of Topliss-reactive ketones (excluding diaryl/α,β-unsaturated/α-hetero) is 4. The molecule has 0 aliphatic carbocycles. The number of ether oxygens (including phenoxy) is 4. The van der Waals surface area contributed by atoms with Crippen LogP contribution in [0.5, 0.6) is 0 Å². The summed E-state index contributed by atoms with van der Waals surface area (Å²) in [5, 5.41) is 0. The lowest BCUT2D eigenvalue weighted by Gasteiger charge is -2.43. The minimum Gasteiger partial charge on any atom is -0.459 e. The van der Waals surface area contributed by atoms with Crippen LogP contribution in [-0.2, 0) is 50.5 Å². The fourth-order valence-corrected chi connectivity index (χ4v) is 26.1. The molecule has 71 heavy (non-hydrogen) atoms. The quantitative estimate of drug-likeness (QED) is 0.0157. The number of esters is 4. The average Bonchev–Trinajstić information content (AvgIpc) is 3.33. The van der Waals surface area contributed by atoms with Crippen molar-refractivity contribution in [1.29, 1.82) is 0 Å². The van der Waals surface area contributed by atoms with Crippen LogP contribution in [0.1, 0.15) is 67.1 Å². The zero-order chi connectivity index (χ0) is 52.2. The fraction of sp³-hybridized carbons (Fsp3) is 0.385. The third kappa shape index (κ3) is 20.4. The molecule has 0 saturated carbocycles. The first-order chi connectivity index (χ1) is 33.5. The van der Waals surface area contributed by atoms with Gasteiger partial charge in [0.25, 0.3) is 23.1 Å². The Hall–Kier alpha value is -5.81. The maximum Gasteiger partial charge on any atom is 0.379 e. The predicted octanol–water partition coefficient (Wildman–Crippen LogP) is 9.35. The van der Waals surface area contributed by atoms with Crippen LogP contribution in [0.3, 0.4) is 0 Å². The van der Waals surface area contributed by atoms with Gasteiger partial charge in [-0.15, -0.1) is 0 Å². The van der Waals surface area contributed by atoms with Crippen molar-refractivity contribution in [2.45, 2.75) is 90.1 Å². The molecule has 4 aromatic rings. The van der Waals surface area contributed by atoms with Crippen molar-refractivity contribution >= 4 is 80.8 Å². The van der Waals surface area contributed by atoms with Gasteiger partial charge in [0.15, 0.2) is 16.6 Å². The van der Waals surface area contributed by atoms with Gasteiger partial charge in [0, 0.05) is 34.1 Å². The van der Waals surface area contributed by atoms with Crippen LogP contribution in [0.25, 0.3) is 0 Å². The summed E-state index contributed by atoms with van der Waals surface area (Å²) in [6.07, 6.45) is 1.61. The highest BCUT2D eigenvalue weighted by Gasteiger charge is 2.47. The van der Waals surface area contributed by atoms with E-state index in [9.17, 15) is 38.4 Å². The van der Waals surface area contributed by atoms with Crippen molar-refractivity contribution in [2.75, 3.05) is 26.4 Å². The number of carbonyl (C=O) groups excluding carboxylic acids is 8. The summed E-state index contributed by atoms with van der Waals surface area (Å²) in [6, 6.07) is 32.9. The summed E-state index contributed by atoms with van der Waals surface area (Å²) in [6.45, 7) is 15.3. The van der Waals surface area contributed by atoms with E-state index in [-0.39, 0.29) is 48.7 Å². The van der Waals surface area contributed by atoms with Crippen LogP contribution in [0.2, 0.25) is 64.5 Å². The van der Waals surface area contributed by atoms with E-state index in [0.29, 0.717) is 37.8 Å². The molecule has 0 aliphatic heterocycles. The first-order valence-electron chi connectivity index (χ1n) is 23.6. The Morgan fingerprint density at radius 2 is 0.577 bits per heavy atom. The van der Waals surface area contributed by atoms with E-state index in [1.165, 1.54) is 48.5 Å². The molecule has 4 rings (SSSR count). The zero-order valence-corrected chi connectivity index (χ0v) is 45.9. The summed E-state index contributed by atoms with van der Waals surface area (Å²) in [5.41, 5.74) is 0.656. The van der Waals surface area contributed by atoms with Crippen LogP contribution in [0.15, 0.2) is 121 Å². The predicted molar refractivity (Wildman–Crippen MR) is 275 cm³/mol. The second-order valence-electron chi connectivity index (χ2n) is 19.5. The molecule has 0 fully saturated rings. The summed E-state index contributed by atoms with van der Waals surface area (Å²) in [5.74, 6) is -8.78. The summed E-state index contributed by atoms with van der Waals surface area (Å²) in [7, 11) is -10.9. The number of hydrogen-bond donors (Lipinski definition) is 0. The molecule has 0 aliphatic rings. The minimum atomic E-state index is -3.14. The third-order valence-electron chi connectivity index (χ3n) is 10.6. The number of ketones is 4. The Balaban J connectivity index is 1.50. The molecule has 2 unspecified atom stereocenters. The lowest BCUT2D eigenvalue weighted by Crippen LogP contribution is -2.58. The van der Waals surface area contributed by atoms with Gasteiger partial charge >= 0.3 is 41.0 Å². The average molecular weight is 1040 g/mol. The van der Waals surface area contributed by atoms with Gasteiger partial charge in [0.05, 0.1) is 26.4 Å². The van der Waals surface area contributed by atoms with Crippen LogP contribution >= 0.6 is 0 Å². The highest BCUT2D eigenvalue weighted by Crippen LogP contribution is 2.33. The van der Waals surface area contributed by atoms with E-state index in [4.69, 9.17) is 31.3 Å². The van der Waals surface area contributed by atoms with Gasteiger partial charge in [-0.3, -0.25) is 19.2 Å². The minimum absolute atomic E-state index is 0.164. The number of carbonyl (C=O) groups is 8. The lowest BCUT2D eigenvalue weighted by atomic mass is 10.1. The SMILES string of the molecule is C[Si](C)(C)O[Si](C)(CCCC(COC(=O)C(=O)c1ccccc1)COC(=O)C(=O)c1ccccc1)O[Si](C)(CCCC(COC(=O)C(=O)c1ccccc1)COC(=O)C(=O)c1ccccc1)O[Si](C)(C)C. The van der Waals surface area contributed by atoms with Crippen molar-refractivity contribution < 1.29 is 69.6 Å². The maximum atomic E-state index is 12.9. The normalized spacial score (nSPS) is 13.3. The topological polar surface area (TPSA) is 201 Å². The molecular formula is C52H66O15Si4. The smallest absolute Gasteiger partial charge is 0.379 e. The van der Waals surface area contributed by atoms with Crippen molar-refractivity contribution in [3.05, 3.63) is 144 Å². The van der Waals surface area contributed by atoms with E-state index in [1.54, 1.807) is 72.8 Å². The van der Waals surface area contributed by atoms with Gasteiger partial charge in [0.1, 0.15) is 0 Å². The van der Waals surface area contributed by atoms with E-state index in [0.717, 1.165) is 0 Å². The first kappa shape index (κ1) is 57.8. The second kappa shape index (κ2) is 27.1. The Labute approximate surface area is 420 Å². The Bertz CT molecular complexity index is 2120. The number of hydrogen-bond acceptors (Lipinski definition) is 15. The van der Waals surface area contributed by atoms with Crippen LogP contribution < -0.4 is 0 Å². The van der Waals surface area contributed by atoms with Crippen LogP contribution in [0, 0.1) is 11.8 Å². The Morgan fingerprint density at radius 1 is 0.352 bits per heavy atom. The molecule has 0 radical (unpaired) electrons. The number of benzene rings is 4. The van der Waals surface area contributed by atoms with Crippen molar-refractivity contribution in [1.82, 2.24) is 0 Å². The molecule has 0 aromatic heterocycles. The summed E-state index contributed by atoms with van der Waals surface area (Å²) < 4.78 is 43.0. The van der Waals surface area contributed by atoms with Crippen molar-refractivity contribution in [2.24, 2.45) is 11.8 Å². The van der Waals surface area contributed by atoms with Gasteiger partial charge in [-0.05, 0) is 77.3 Å². The largest absolute Gasteiger partial charge is 0.459 e. The lowest BCUT2D eigenvalue weighted by molar-refractivity contribution is -0.145. The van der Waals surface area contributed by atoms with E-state index in [1.807, 2.05) is 13.1 Å². The zero-order valence-electron chi connectivity index (χ0n) is 41.9. The number of rotatable bonds is 30. The first-order valence-corrected chi connectivity index (χ1v) is 35.5. The standard InChI is InChI=1S/C52H66O15Si4/c1-68(2,3)65-70(7,33-21-23-39(35-61-49(57)45(53)41-25-13-9-14-26-41)36-62-50(58)46(54)42-27-15-10-16-28-42)67-71(8,66-69(4,5)6)34-22-24-40(37-63-51(59)47(55)43-29-17-11-18-30-43)38-64-52(60)48(56)44-31-19-12-20-32-44/h9-20,25-32,39-40H,21-24,33-38H2,1-8H3.